The van der Waals surface area contributed by atoms with Crippen LogP contribution in [0.5, 0.6) is 0 Å². The van der Waals surface area contributed by atoms with Crippen LogP contribution in [-0.2, 0) is 0 Å². The van der Waals surface area contributed by atoms with Crippen LogP contribution in [0.2, 0.25) is 5.02 Å². The largest absolute Gasteiger partial charge is 0.246 e. The SMILES string of the molecule is Cc1cc(-c2ccc(Cl)cc2)cc(Br)n1. The van der Waals surface area contributed by atoms with E-state index in [1.54, 1.807) is 0 Å². The second-order valence-corrected chi connectivity index (χ2v) is 4.58. The van der Waals surface area contributed by atoms with Crippen LogP contribution >= 0.6 is 27.5 Å². The first-order chi connectivity index (χ1) is 7.15. The Morgan fingerprint density at radius 3 is 2.33 bits per heavy atom. The van der Waals surface area contributed by atoms with Crippen LogP contribution in [0.15, 0.2) is 41.0 Å². The number of benzene rings is 1. The lowest BCUT2D eigenvalue weighted by atomic mass is 10.1. The van der Waals surface area contributed by atoms with Gasteiger partial charge in [-0.15, -0.1) is 0 Å². The van der Waals surface area contributed by atoms with Gasteiger partial charge in [0.1, 0.15) is 4.60 Å². The Hall–Kier alpha value is -0.860. The highest BCUT2D eigenvalue weighted by Crippen LogP contribution is 2.24. The summed E-state index contributed by atoms with van der Waals surface area (Å²) in [4.78, 5) is 4.27. The minimum atomic E-state index is 0.753. The van der Waals surface area contributed by atoms with Gasteiger partial charge < -0.3 is 0 Å². The maximum absolute atomic E-state index is 5.84. The molecule has 0 atom stereocenters. The molecule has 15 heavy (non-hydrogen) atoms. The molecule has 0 spiro atoms. The summed E-state index contributed by atoms with van der Waals surface area (Å²) in [7, 11) is 0. The quantitative estimate of drug-likeness (QED) is 0.703. The molecule has 76 valence electrons. The molecule has 0 radical (unpaired) electrons. The maximum Gasteiger partial charge on any atom is 0.106 e. The van der Waals surface area contributed by atoms with Crippen LogP contribution in [0.1, 0.15) is 5.69 Å². The monoisotopic (exact) mass is 281 g/mol. The van der Waals surface area contributed by atoms with Gasteiger partial charge in [0.05, 0.1) is 0 Å². The predicted octanol–water partition coefficient (Wildman–Crippen LogP) is 4.47. The van der Waals surface area contributed by atoms with E-state index in [0.717, 1.165) is 26.4 Å². The highest BCUT2D eigenvalue weighted by atomic mass is 79.9. The molecule has 0 amide bonds. The molecular formula is C12H9BrClN. The molecule has 1 nitrogen and oxygen atoms in total. The van der Waals surface area contributed by atoms with Crippen molar-refractivity contribution in [3.8, 4) is 11.1 Å². The average molecular weight is 283 g/mol. The average Bonchev–Trinajstić information content (AvgIpc) is 2.17. The maximum atomic E-state index is 5.84. The van der Waals surface area contributed by atoms with Crippen molar-refractivity contribution in [3.05, 3.63) is 51.7 Å². The second kappa shape index (κ2) is 4.33. The van der Waals surface area contributed by atoms with Crippen molar-refractivity contribution in [2.45, 2.75) is 6.92 Å². The number of rotatable bonds is 1. The first-order valence-electron chi connectivity index (χ1n) is 4.55. The van der Waals surface area contributed by atoms with E-state index >= 15 is 0 Å². The highest BCUT2D eigenvalue weighted by molar-refractivity contribution is 9.10. The van der Waals surface area contributed by atoms with E-state index in [1.807, 2.05) is 43.3 Å². The van der Waals surface area contributed by atoms with Gasteiger partial charge in [-0.3, -0.25) is 0 Å². The fourth-order valence-corrected chi connectivity index (χ4v) is 2.09. The lowest BCUT2D eigenvalue weighted by Gasteiger charge is -2.03. The van der Waals surface area contributed by atoms with E-state index < -0.39 is 0 Å². The molecule has 0 unspecified atom stereocenters. The number of pyridine rings is 1. The highest BCUT2D eigenvalue weighted by Gasteiger charge is 2.00. The Balaban J connectivity index is 2.49. The standard InChI is InChI=1S/C12H9BrClN/c1-8-6-10(7-12(13)15-8)9-2-4-11(14)5-3-9/h2-7H,1H3. The normalized spacial score (nSPS) is 10.3. The van der Waals surface area contributed by atoms with E-state index in [9.17, 15) is 0 Å². The molecule has 1 aromatic carbocycles. The molecule has 0 aliphatic heterocycles. The van der Waals surface area contributed by atoms with Gasteiger partial charge in [0.15, 0.2) is 0 Å². The first kappa shape index (κ1) is 10.7. The molecule has 0 aliphatic carbocycles. The van der Waals surface area contributed by atoms with Gasteiger partial charge in [0.25, 0.3) is 0 Å². The van der Waals surface area contributed by atoms with Crippen molar-refractivity contribution in [1.29, 1.82) is 0 Å². The van der Waals surface area contributed by atoms with Gasteiger partial charge in [-0.05, 0) is 58.2 Å². The van der Waals surface area contributed by atoms with Gasteiger partial charge in [-0.2, -0.15) is 0 Å². The first-order valence-corrected chi connectivity index (χ1v) is 5.72. The van der Waals surface area contributed by atoms with Crippen LogP contribution < -0.4 is 0 Å². The molecule has 1 aromatic heterocycles. The van der Waals surface area contributed by atoms with Crippen LogP contribution in [0.3, 0.4) is 0 Å². The Morgan fingerprint density at radius 2 is 1.73 bits per heavy atom. The van der Waals surface area contributed by atoms with Crippen LogP contribution in [0.4, 0.5) is 0 Å². The van der Waals surface area contributed by atoms with Crippen molar-refractivity contribution in [2.24, 2.45) is 0 Å². The molecule has 0 bridgehead atoms. The fourth-order valence-electron chi connectivity index (χ4n) is 1.44. The summed E-state index contributed by atoms with van der Waals surface area (Å²) >= 11 is 9.23. The molecule has 0 aliphatic rings. The molecular weight excluding hydrogens is 273 g/mol. The van der Waals surface area contributed by atoms with Crippen LogP contribution in [0.25, 0.3) is 11.1 Å². The summed E-state index contributed by atoms with van der Waals surface area (Å²) in [6, 6.07) is 11.8. The Bertz CT molecular complexity index is 459. The number of aromatic nitrogens is 1. The molecule has 3 heteroatoms. The third-order valence-corrected chi connectivity index (χ3v) is 2.76. The summed E-state index contributed by atoms with van der Waals surface area (Å²) in [5, 5.41) is 0.753. The number of hydrogen-bond donors (Lipinski definition) is 0. The number of nitrogens with zero attached hydrogens (tertiary/aromatic N) is 1. The van der Waals surface area contributed by atoms with Gasteiger partial charge in [-0.1, -0.05) is 23.7 Å². The summed E-state index contributed by atoms with van der Waals surface area (Å²) < 4.78 is 0.854. The Kier molecular flexibility index (Phi) is 3.08. The summed E-state index contributed by atoms with van der Waals surface area (Å²) in [6.45, 7) is 1.98. The number of aryl methyl sites for hydroxylation is 1. The zero-order valence-electron chi connectivity index (χ0n) is 8.17. The second-order valence-electron chi connectivity index (χ2n) is 3.33. The van der Waals surface area contributed by atoms with Gasteiger partial charge in [0.2, 0.25) is 0 Å². The minimum absolute atomic E-state index is 0.753. The van der Waals surface area contributed by atoms with E-state index in [1.165, 1.54) is 0 Å². The third kappa shape index (κ3) is 2.58. The van der Waals surface area contributed by atoms with E-state index in [2.05, 4.69) is 20.9 Å². The van der Waals surface area contributed by atoms with Crippen LogP contribution in [0, 0.1) is 6.92 Å². The van der Waals surface area contributed by atoms with Gasteiger partial charge in [0, 0.05) is 10.7 Å². The van der Waals surface area contributed by atoms with Crippen molar-refractivity contribution in [2.75, 3.05) is 0 Å². The van der Waals surface area contributed by atoms with E-state index in [-0.39, 0.29) is 0 Å². The minimum Gasteiger partial charge on any atom is -0.246 e. The zero-order valence-corrected chi connectivity index (χ0v) is 10.5. The molecule has 2 aromatic rings. The number of hydrogen-bond acceptors (Lipinski definition) is 1. The van der Waals surface area contributed by atoms with Gasteiger partial charge in [-0.25, -0.2) is 4.98 Å². The molecule has 2 rings (SSSR count). The number of halogens is 2. The van der Waals surface area contributed by atoms with E-state index in [4.69, 9.17) is 11.6 Å². The Labute approximate surface area is 102 Å². The third-order valence-electron chi connectivity index (χ3n) is 2.10. The molecule has 0 saturated carbocycles. The predicted molar refractivity (Wildman–Crippen MR) is 67.1 cm³/mol. The summed E-state index contributed by atoms with van der Waals surface area (Å²) in [6.07, 6.45) is 0. The zero-order chi connectivity index (χ0) is 10.8. The smallest absolute Gasteiger partial charge is 0.106 e. The topological polar surface area (TPSA) is 12.9 Å². The summed E-state index contributed by atoms with van der Waals surface area (Å²) in [5.41, 5.74) is 3.28. The fraction of sp³-hybridized carbons (Fsp3) is 0.0833. The summed E-state index contributed by atoms with van der Waals surface area (Å²) in [5.74, 6) is 0. The van der Waals surface area contributed by atoms with Crippen molar-refractivity contribution >= 4 is 27.5 Å². The van der Waals surface area contributed by atoms with E-state index in [0.29, 0.717) is 0 Å². The molecule has 1 heterocycles. The lowest BCUT2D eigenvalue weighted by molar-refractivity contribution is 1.17. The molecule has 0 N–H and O–H groups in total. The lowest BCUT2D eigenvalue weighted by Crippen LogP contribution is -1.85. The molecule has 0 fully saturated rings. The van der Waals surface area contributed by atoms with Crippen molar-refractivity contribution in [1.82, 2.24) is 4.98 Å². The van der Waals surface area contributed by atoms with Crippen molar-refractivity contribution in [3.63, 3.8) is 0 Å². The van der Waals surface area contributed by atoms with Crippen LogP contribution in [-0.4, -0.2) is 4.98 Å². The van der Waals surface area contributed by atoms with Crippen molar-refractivity contribution < 1.29 is 0 Å². The molecule has 0 saturated heterocycles. The Morgan fingerprint density at radius 1 is 1.07 bits per heavy atom. The van der Waals surface area contributed by atoms with Gasteiger partial charge >= 0.3 is 0 Å².